The van der Waals surface area contributed by atoms with Gasteiger partial charge in [-0.15, -0.1) is 0 Å². The number of halogens is 2. The zero-order chi connectivity index (χ0) is 16.7. The van der Waals surface area contributed by atoms with Crippen molar-refractivity contribution in [2.24, 2.45) is 0 Å². The first-order valence-electron chi connectivity index (χ1n) is 6.34. The van der Waals surface area contributed by atoms with Gasteiger partial charge in [0.05, 0.1) is 12.5 Å². The molecule has 0 aromatic carbocycles. The van der Waals surface area contributed by atoms with Gasteiger partial charge in [0.15, 0.2) is 5.60 Å². The Labute approximate surface area is 143 Å². The Hall–Kier alpha value is -0.790. The van der Waals surface area contributed by atoms with Crippen LogP contribution >= 0.6 is 31.9 Å². The third kappa shape index (κ3) is 12.6. The van der Waals surface area contributed by atoms with Gasteiger partial charge in [0.1, 0.15) is 9.21 Å². The number of hydrogen-bond acceptors (Lipinski definition) is 3. The van der Waals surface area contributed by atoms with E-state index in [1.54, 1.807) is 20.0 Å². The van der Waals surface area contributed by atoms with Crippen LogP contribution in [0.25, 0.3) is 0 Å². The molecule has 0 saturated carbocycles. The number of H-pyrrole nitrogens is 1. The summed E-state index contributed by atoms with van der Waals surface area (Å²) in [5, 5.41) is 18.9. The minimum absolute atomic E-state index is 0.0893. The summed E-state index contributed by atoms with van der Waals surface area (Å²) in [5.74, 6) is 0. The maximum Gasteiger partial charge on any atom is 0.196 e. The molecule has 21 heavy (non-hydrogen) atoms. The second-order valence-electron chi connectivity index (χ2n) is 5.97. The molecule has 0 radical (unpaired) electrons. The predicted octanol–water partition coefficient (Wildman–Crippen LogP) is 4.16. The third-order valence-corrected chi connectivity index (χ3v) is 2.58. The highest BCUT2D eigenvalue weighted by Crippen LogP contribution is 2.14. The lowest BCUT2D eigenvalue weighted by Crippen LogP contribution is -2.21. The molecular weight excluding hydrogens is 400 g/mol. The van der Waals surface area contributed by atoms with Crippen LogP contribution in [-0.2, 0) is 5.54 Å². The standard InChI is InChI=1S/C7H11BrN2.C4H9O.C3H3BrN2/c1-7(2,3)10-5-4-6(8)9-10;1-4(2,3)5;4-3-1-2-5-6-3/h4-5H,1-3H3;5H,1H2,2-3H3;1-2H,(H,5,6)/q;+1;. The molecule has 118 valence electrons. The largest absolute Gasteiger partial charge is 0.351 e. The maximum atomic E-state index is 8.41. The van der Waals surface area contributed by atoms with Gasteiger partial charge >= 0.3 is 0 Å². The number of nitrogens with one attached hydrogen (secondary N) is 1. The van der Waals surface area contributed by atoms with E-state index in [1.807, 2.05) is 23.0 Å². The van der Waals surface area contributed by atoms with E-state index in [-0.39, 0.29) is 5.54 Å². The van der Waals surface area contributed by atoms with Crippen LogP contribution in [0.1, 0.15) is 34.6 Å². The SMILES string of the molecule is Brc1ccn[nH]1.CC(C)(C)n1ccc(Br)n1.[CH2+]C(C)(C)O. The summed E-state index contributed by atoms with van der Waals surface area (Å²) in [6, 6.07) is 3.77. The molecule has 2 aromatic heterocycles. The van der Waals surface area contributed by atoms with E-state index in [1.165, 1.54) is 0 Å². The van der Waals surface area contributed by atoms with Crippen molar-refractivity contribution < 1.29 is 5.11 Å². The molecule has 0 bridgehead atoms. The summed E-state index contributed by atoms with van der Waals surface area (Å²) < 4.78 is 3.74. The summed E-state index contributed by atoms with van der Waals surface area (Å²) in [6.45, 7) is 12.9. The van der Waals surface area contributed by atoms with E-state index in [0.29, 0.717) is 0 Å². The van der Waals surface area contributed by atoms with Crippen LogP contribution in [0.2, 0.25) is 0 Å². The maximum absolute atomic E-state index is 8.41. The lowest BCUT2D eigenvalue weighted by atomic mass is 10.1. The van der Waals surface area contributed by atoms with Crippen molar-refractivity contribution in [1.82, 2.24) is 20.0 Å². The summed E-state index contributed by atoms with van der Waals surface area (Å²) in [6.07, 6.45) is 3.65. The molecule has 5 nitrogen and oxygen atoms in total. The Balaban J connectivity index is 0.000000312. The Morgan fingerprint density at radius 3 is 1.86 bits per heavy atom. The lowest BCUT2D eigenvalue weighted by molar-refractivity contribution is 0.130. The minimum atomic E-state index is -0.750. The molecule has 0 unspecified atom stereocenters. The van der Waals surface area contributed by atoms with Crippen molar-refractivity contribution in [1.29, 1.82) is 0 Å². The van der Waals surface area contributed by atoms with Gasteiger partial charge in [-0.3, -0.25) is 9.78 Å². The summed E-state index contributed by atoms with van der Waals surface area (Å²) in [5.41, 5.74) is -0.661. The fourth-order valence-electron chi connectivity index (χ4n) is 0.914. The lowest BCUT2D eigenvalue weighted by Gasteiger charge is -2.18. The molecule has 2 heterocycles. The summed E-state index contributed by atoms with van der Waals surface area (Å²) in [7, 11) is 0. The Bertz CT molecular complexity index is 490. The molecule has 0 fully saturated rings. The van der Waals surface area contributed by atoms with Crippen LogP contribution in [0.15, 0.2) is 33.7 Å². The van der Waals surface area contributed by atoms with Crippen molar-refractivity contribution >= 4 is 31.9 Å². The highest BCUT2D eigenvalue weighted by atomic mass is 79.9. The second-order valence-corrected chi connectivity index (χ2v) is 7.64. The van der Waals surface area contributed by atoms with Crippen LogP contribution in [0, 0.1) is 6.92 Å². The van der Waals surface area contributed by atoms with Gasteiger partial charge in [-0.2, -0.15) is 10.2 Å². The van der Waals surface area contributed by atoms with Crippen LogP contribution in [0.5, 0.6) is 0 Å². The van der Waals surface area contributed by atoms with Gasteiger partial charge in [0.2, 0.25) is 0 Å². The van der Waals surface area contributed by atoms with E-state index in [4.69, 9.17) is 5.11 Å². The molecule has 0 aliphatic rings. The van der Waals surface area contributed by atoms with E-state index >= 15 is 0 Å². The molecule has 0 amide bonds. The number of nitrogens with zero attached hydrogens (tertiary/aromatic N) is 3. The van der Waals surface area contributed by atoms with E-state index in [2.05, 4.69) is 74.9 Å². The van der Waals surface area contributed by atoms with Gasteiger partial charge < -0.3 is 5.11 Å². The highest BCUT2D eigenvalue weighted by Gasteiger charge is 2.12. The van der Waals surface area contributed by atoms with Crippen LogP contribution in [0.3, 0.4) is 0 Å². The van der Waals surface area contributed by atoms with Gasteiger partial charge in [-0.1, -0.05) is 0 Å². The van der Waals surface area contributed by atoms with Crippen molar-refractivity contribution in [2.75, 3.05) is 0 Å². The number of rotatable bonds is 0. The van der Waals surface area contributed by atoms with Crippen molar-refractivity contribution in [2.45, 2.75) is 45.8 Å². The van der Waals surface area contributed by atoms with Crippen LogP contribution < -0.4 is 0 Å². The number of aromatic nitrogens is 4. The van der Waals surface area contributed by atoms with Crippen LogP contribution in [0.4, 0.5) is 0 Å². The van der Waals surface area contributed by atoms with Gasteiger partial charge in [-0.05, 0) is 64.8 Å². The predicted molar refractivity (Wildman–Crippen MR) is 92.9 cm³/mol. The molecule has 0 spiro atoms. The van der Waals surface area contributed by atoms with E-state index in [9.17, 15) is 0 Å². The molecular formula is C14H23Br2N4O+. The Morgan fingerprint density at radius 2 is 1.71 bits per heavy atom. The first-order valence-corrected chi connectivity index (χ1v) is 7.92. The second kappa shape index (κ2) is 8.60. The molecule has 0 aliphatic heterocycles. The van der Waals surface area contributed by atoms with E-state index < -0.39 is 5.60 Å². The monoisotopic (exact) mass is 421 g/mol. The fraction of sp³-hybridized carbons (Fsp3) is 0.500. The van der Waals surface area contributed by atoms with Gasteiger partial charge in [-0.25, -0.2) is 0 Å². The smallest absolute Gasteiger partial charge is 0.196 e. The quantitative estimate of drug-likeness (QED) is 0.626. The van der Waals surface area contributed by atoms with Crippen LogP contribution in [-0.4, -0.2) is 30.7 Å². The molecule has 2 rings (SSSR count). The molecule has 2 aromatic rings. The summed E-state index contributed by atoms with van der Waals surface area (Å²) >= 11 is 6.46. The Kier molecular flexibility index (Phi) is 8.28. The zero-order valence-electron chi connectivity index (χ0n) is 13.1. The van der Waals surface area contributed by atoms with Crippen molar-refractivity contribution in [3.8, 4) is 0 Å². The molecule has 0 aliphatic carbocycles. The topological polar surface area (TPSA) is 66.7 Å². The van der Waals surface area contributed by atoms with Crippen molar-refractivity contribution in [3.05, 3.63) is 40.7 Å². The molecule has 2 N–H and O–H groups in total. The number of aromatic amines is 1. The van der Waals surface area contributed by atoms with Gasteiger partial charge in [0, 0.05) is 26.2 Å². The summed E-state index contributed by atoms with van der Waals surface area (Å²) in [4.78, 5) is 0. The zero-order valence-corrected chi connectivity index (χ0v) is 16.2. The average Bonchev–Trinajstić information content (AvgIpc) is 2.86. The minimum Gasteiger partial charge on any atom is -0.351 e. The first-order chi connectivity index (χ1) is 9.39. The molecule has 7 heteroatoms. The highest BCUT2D eigenvalue weighted by molar-refractivity contribution is 9.10. The average molecular weight is 423 g/mol. The number of hydrogen-bond donors (Lipinski definition) is 2. The van der Waals surface area contributed by atoms with Crippen molar-refractivity contribution in [3.63, 3.8) is 0 Å². The third-order valence-electron chi connectivity index (χ3n) is 1.71. The molecule has 0 saturated heterocycles. The number of aliphatic hydroxyl groups is 1. The first kappa shape index (κ1) is 20.2. The fourth-order valence-corrected chi connectivity index (χ4v) is 1.42. The molecule has 0 atom stereocenters. The normalized spacial score (nSPS) is 11.0. The van der Waals surface area contributed by atoms with E-state index in [0.717, 1.165) is 9.21 Å². The van der Waals surface area contributed by atoms with Gasteiger partial charge in [0.25, 0.3) is 0 Å². The Morgan fingerprint density at radius 1 is 1.19 bits per heavy atom.